The van der Waals surface area contributed by atoms with E-state index >= 15 is 0 Å². The van der Waals surface area contributed by atoms with E-state index in [1.807, 2.05) is 30.7 Å². The summed E-state index contributed by atoms with van der Waals surface area (Å²) in [5.41, 5.74) is 2.57. The molecule has 2 aliphatic rings. The highest BCUT2D eigenvalue weighted by Crippen LogP contribution is 2.43. The Morgan fingerprint density at radius 1 is 1.38 bits per heavy atom. The highest BCUT2D eigenvalue weighted by Gasteiger charge is 2.54. The van der Waals surface area contributed by atoms with Crippen LogP contribution in [0.3, 0.4) is 0 Å². The molecule has 0 aromatic carbocycles. The van der Waals surface area contributed by atoms with Crippen molar-refractivity contribution < 1.29 is 19.3 Å². The molecule has 0 aliphatic carbocycles. The van der Waals surface area contributed by atoms with Crippen LogP contribution in [0.1, 0.15) is 25.5 Å². The summed E-state index contributed by atoms with van der Waals surface area (Å²) in [6.45, 7) is 8.19. The van der Waals surface area contributed by atoms with E-state index in [1.54, 1.807) is 7.11 Å². The number of fused-ring (bicyclic) bond motifs is 2. The number of aromatic nitrogens is 3. The van der Waals surface area contributed by atoms with E-state index in [0.717, 1.165) is 16.6 Å². The Kier molecular flexibility index (Phi) is 4.23. The molecular formula is C18H24N4O4. The van der Waals surface area contributed by atoms with Gasteiger partial charge in [0, 0.05) is 18.3 Å². The number of hydrogen-bond acceptors (Lipinski definition) is 7. The van der Waals surface area contributed by atoms with E-state index in [0.29, 0.717) is 12.4 Å². The molecule has 8 nitrogen and oxygen atoms in total. The quantitative estimate of drug-likeness (QED) is 0.773. The Hall–Kier alpha value is -2.00. The second-order valence-corrected chi connectivity index (χ2v) is 7.10. The zero-order valence-electron chi connectivity index (χ0n) is 15.2. The molecule has 26 heavy (non-hydrogen) atoms. The highest BCUT2D eigenvalue weighted by atomic mass is 16.8. The van der Waals surface area contributed by atoms with Gasteiger partial charge in [-0.25, -0.2) is 4.98 Å². The molecule has 2 fully saturated rings. The monoisotopic (exact) mass is 360 g/mol. The lowest BCUT2D eigenvalue weighted by Crippen LogP contribution is -2.38. The lowest BCUT2D eigenvalue weighted by Gasteiger charge is -2.23. The van der Waals surface area contributed by atoms with Crippen molar-refractivity contribution in [2.45, 2.75) is 50.5 Å². The summed E-state index contributed by atoms with van der Waals surface area (Å²) in [6.07, 6.45) is 4.89. The first-order valence-electron chi connectivity index (χ1n) is 8.70. The molecule has 2 aromatic heterocycles. The SMILES string of the molecule is C=CCn1cc(C2NC(CO)C3OC(C)(C)OC23)c2ncnc(OC)c21. The van der Waals surface area contributed by atoms with Gasteiger partial charge in [0.2, 0.25) is 5.88 Å². The van der Waals surface area contributed by atoms with Crippen LogP contribution in [0.4, 0.5) is 0 Å². The van der Waals surface area contributed by atoms with Crippen LogP contribution in [-0.4, -0.2) is 57.4 Å². The predicted octanol–water partition coefficient (Wildman–Crippen LogP) is 1.15. The van der Waals surface area contributed by atoms with Gasteiger partial charge in [0.25, 0.3) is 0 Å². The Morgan fingerprint density at radius 2 is 2.15 bits per heavy atom. The molecule has 4 heterocycles. The smallest absolute Gasteiger partial charge is 0.241 e. The first-order chi connectivity index (χ1) is 12.5. The van der Waals surface area contributed by atoms with Crippen LogP contribution in [0.5, 0.6) is 5.88 Å². The van der Waals surface area contributed by atoms with Crippen molar-refractivity contribution in [2.75, 3.05) is 13.7 Å². The number of nitrogens with zero attached hydrogens (tertiary/aromatic N) is 3. The van der Waals surface area contributed by atoms with Crippen LogP contribution in [0.15, 0.2) is 25.2 Å². The zero-order chi connectivity index (χ0) is 18.5. The molecule has 0 radical (unpaired) electrons. The Morgan fingerprint density at radius 3 is 2.85 bits per heavy atom. The van der Waals surface area contributed by atoms with Crippen molar-refractivity contribution in [3.8, 4) is 5.88 Å². The summed E-state index contributed by atoms with van der Waals surface area (Å²) < 4.78 is 19.6. The van der Waals surface area contributed by atoms with Crippen molar-refractivity contribution in [2.24, 2.45) is 0 Å². The first kappa shape index (κ1) is 17.4. The third-order valence-corrected chi connectivity index (χ3v) is 4.98. The van der Waals surface area contributed by atoms with Crippen LogP contribution >= 0.6 is 0 Å². The fraction of sp³-hybridized carbons (Fsp3) is 0.556. The Labute approximate surface area is 151 Å². The molecule has 140 valence electrons. The maximum absolute atomic E-state index is 9.77. The number of nitrogens with one attached hydrogen (secondary N) is 1. The van der Waals surface area contributed by atoms with E-state index in [4.69, 9.17) is 14.2 Å². The lowest BCUT2D eigenvalue weighted by molar-refractivity contribution is -0.157. The molecule has 4 unspecified atom stereocenters. The minimum Gasteiger partial charge on any atom is -0.479 e. The van der Waals surface area contributed by atoms with Gasteiger partial charge >= 0.3 is 0 Å². The van der Waals surface area contributed by atoms with Crippen LogP contribution < -0.4 is 10.1 Å². The zero-order valence-corrected chi connectivity index (χ0v) is 15.2. The van der Waals surface area contributed by atoms with E-state index < -0.39 is 5.79 Å². The number of methoxy groups -OCH3 is 1. The highest BCUT2D eigenvalue weighted by molar-refractivity contribution is 5.84. The standard InChI is InChI=1S/C18H24N4O4/c1-5-6-22-7-10(12-14(22)17(24-4)20-9-19-12)13-16-15(11(8-23)21-13)25-18(2,3)26-16/h5,7,9,11,13,15-16,21,23H,1,6,8H2,2-4H3. The van der Waals surface area contributed by atoms with Crippen LogP contribution in [-0.2, 0) is 16.0 Å². The van der Waals surface area contributed by atoms with Crippen LogP contribution in [0.2, 0.25) is 0 Å². The molecule has 0 saturated carbocycles. The molecule has 2 aromatic rings. The number of ether oxygens (including phenoxy) is 3. The van der Waals surface area contributed by atoms with Gasteiger partial charge in [0.1, 0.15) is 29.6 Å². The van der Waals surface area contributed by atoms with Crippen molar-refractivity contribution in [1.82, 2.24) is 19.9 Å². The molecule has 2 saturated heterocycles. The van der Waals surface area contributed by atoms with E-state index in [2.05, 4.69) is 21.9 Å². The Balaban J connectivity index is 1.83. The van der Waals surface area contributed by atoms with Gasteiger partial charge in [-0.2, -0.15) is 4.98 Å². The fourth-order valence-electron chi connectivity index (χ4n) is 4.02. The molecule has 2 N–H and O–H groups in total. The van der Waals surface area contributed by atoms with Gasteiger partial charge in [-0.05, 0) is 13.8 Å². The van der Waals surface area contributed by atoms with Crippen LogP contribution in [0.25, 0.3) is 11.0 Å². The fourth-order valence-corrected chi connectivity index (χ4v) is 4.02. The maximum Gasteiger partial charge on any atom is 0.241 e. The second-order valence-electron chi connectivity index (χ2n) is 7.10. The summed E-state index contributed by atoms with van der Waals surface area (Å²) in [6, 6.07) is -0.361. The molecule has 4 atom stereocenters. The van der Waals surface area contributed by atoms with Gasteiger partial charge in [0.15, 0.2) is 5.79 Å². The Bertz CT molecular complexity index is 834. The van der Waals surface area contributed by atoms with E-state index in [1.165, 1.54) is 6.33 Å². The summed E-state index contributed by atoms with van der Waals surface area (Å²) in [5.74, 6) is -0.171. The minimum atomic E-state index is -0.685. The molecule has 2 aliphatic heterocycles. The van der Waals surface area contributed by atoms with Crippen LogP contribution in [0, 0.1) is 0 Å². The predicted molar refractivity (Wildman–Crippen MR) is 94.9 cm³/mol. The van der Waals surface area contributed by atoms with Crippen molar-refractivity contribution >= 4 is 11.0 Å². The largest absolute Gasteiger partial charge is 0.479 e. The number of hydrogen-bond donors (Lipinski definition) is 2. The average molecular weight is 360 g/mol. The summed E-state index contributed by atoms with van der Waals surface area (Å²) in [4.78, 5) is 8.72. The average Bonchev–Trinajstić information content (AvgIpc) is 3.23. The summed E-state index contributed by atoms with van der Waals surface area (Å²) in [7, 11) is 1.59. The molecule has 8 heteroatoms. The van der Waals surface area contributed by atoms with Gasteiger partial charge in [-0.3, -0.25) is 0 Å². The number of rotatable bonds is 5. The van der Waals surface area contributed by atoms with Crippen molar-refractivity contribution in [1.29, 1.82) is 0 Å². The molecular weight excluding hydrogens is 336 g/mol. The van der Waals surface area contributed by atoms with Gasteiger partial charge in [-0.1, -0.05) is 6.08 Å². The molecule has 0 amide bonds. The minimum absolute atomic E-state index is 0.0271. The number of aliphatic hydroxyl groups is 1. The van der Waals surface area contributed by atoms with E-state index in [-0.39, 0.29) is 30.9 Å². The van der Waals surface area contributed by atoms with Crippen molar-refractivity contribution in [3.05, 3.63) is 30.7 Å². The topological polar surface area (TPSA) is 90.7 Å². The third-order valence-electron chi connectivity index (χ3n) is 4.98. The second kappa shape index (κ2) is 6.31. The molecule has 0 spiro atoms. The summed E-state index contributed by atoms with van der Waals surface area (Å²) in [5, 5.41) is 13.2. The first-order valence-corrected chi connectivity index (χ1v) is 8.70. The maximum atomic E-state index is 9.77. The van der Waals surface area contributed by atoms with E-state index in [9.17, 15) is 5.11 Å². The van der Waals surface area contributed by atoms with Gasteiger partial charge in [0.05, 0.1) is 25.8 Å². The summed E-state index contributed by atoms with van der Waals surface area (Å²) >= 11 is 0. The molecule has 4 rings (SSSR count). The lowest BCUT2D eigenvalue weighted by atomic mass is 10.0. The van der Waals surface area contributed by atoms with Gasteiger partial charge in [-0.15, -0.1) is 6.58 Å². The normalized spacial score (nSPS) is 29.8. The number of aliphatic hydroxyl groups excluding tert-OH is 1. The molecule has 0 bridgehead atoms. The third kappa shape index (κ3) is 2.61. The number of allylic oxidation sites excluding steroid dienone is 1. The van der Waals surface area contributed by atoms with Gasteiger partial charge < -0.3 is 29.2 Å². The van der Waals surface area contributed by atoms with Crippen molar-refractivity contribution in [3.63, 3.8) is 0 Å².